The van der Waals surface area contributed by atoms with Crippen LogP contribution in [0.4, 0.5) is 16.0 Å². The van der Waals surface area contributed by atoms with Gasteiger partial charge in [0.05, 0.1) is 12.5 Å². The molecule has 3 atom stereocenters. The van der Waals surface area contributed by atoms with E-state index in [1.54, 1.807) is 0 Å². The van der Waals surface area contributed by atoms with Crippen LogP contribution in [-0.2, 0) is 9.59 Å². The van der Waals surface area contributed by atoms with Crippen LogP contribution in [0.3, 0.4) is 0 Å². The number of hydrogen-bond donors (Lipinski definition) is 3. The van der Waals surface area contributed by atoms with Gasteiger partial charge in [0.15, 0.2) is 11.6 Å². The Hall–Kier alpha value is -2.24. The molecule has 2 heterocycles. The van der Waals surface area contributed by atoms with Crippen molar-refractivity contribution in [3.8, 4) is 0 Å². The van der Waals surface area contributed by atoms with Gasteiger partial charge >= 0.3 is 0 Å². The molecule has 1 aliphatic heterocycles. The lowest BCUT2D eigenvalue weighted by molar-refractivity contribution is -0.154. The number of hydroxylamine groups is 2. The number of nitrogens with zero attached hydrogens (tertiary/aromatic N) is 5. The minimum atomic E-state index is -0.715. The maximum Gasteiger partial charge on any atom is 0.243 e. The normalized spacial score (nSPS) is 22.8. The van der Waals surface area contributed by atoms with Crippen LogP contribution in [0.15, 0.2) is 0 Å². The first-order chi connectivity index (χ1) is 15.7. The van der Waals surface area contributed by atoms with Crippen molar-refractivity contribution in [2.45, 2.75) is 58.0 Å². The van der Waals surface area contributed by atoms with Crippen LogP contribution in [0.25, 0.3) is 0 Å². The first kappa shape index (κ1) is 25.4. The number of aromatic nitrogens is 2. The Labute approximate surface area is 198 Å². The molecule has 0 unspecified atom stereocenters. The lowest BCUT2D eigenvalue weighted by atomic mass is 9.92. The number of amides is 2. The molecule has 0 radical (unpaired) electrons. The van der Waals surface area contributed by atoms with E-state index in [9.17, 15) is 14.8 Å². The number of likely N-dealkylation sites (N-methyl/N-ethyl adjacent to an activating group) is 1. The van der Waals surface area contributed by atoms with Crippen molar-refractivity contribution >= 4 is 35.6 Å². The third-order valence-electron chi connectivity index (χ3n) is 6.67. The van der Waals surface area contributed by atoms with E-state index in [2.05, 4.69) is 25.7 Å². The number of hydrogen-bond acceptors (Lipinski definition) is 8. The van der Waals surface area contributed by atoms with E-state index in [0.29, 0.717) is 23.9 Å². The predicted molar refractivity (Wildman–Crippen MR) is 122 cm³/mol. The Morgan fingerprint density at radius 1 is 1.30 bits per heavy atom. The van der Waals surface area contributed by atoms with Crippen LogP contribution in [0.5, 0.6) is 0 Å². The number of anilines is 2. The van der Waals surface area contributed by atoms with E-state index in [1.807, 2.05) is 25.8 Å². The van der Waals surface area contributed by atoms with E-state index in [4.69, 9.17) is 11.6 Å². The first-order valence-corrected chi connectivity index (χ1v) is 11.7. The minimum Gasteiger partial charge on any atom is -0.348 e. The molecule has 1 aromatic rings. The van der Waals surface area contributed by atoms with E-state index < -0.39 is 17.6 Å². The summed E-state index contributed by atoms with van der Waals surface area (Å²) in [6.07, 6.45) is 4.99. The zero-order valence-corrected chi connectivity index (χ0v) is 20.1. The SMILES string of the molecule is C[C@H]1CN(c2nc(Cl)nc(NNC(=O)[C@@H](CC3CCCC3)CN(O)C=O)c2F)[C@@H](C)CN1C. The van der Waals surface area contributed by atoms with Crippen molar-refractivity contribution in [3.63, 3.8) is 0 Å². The lowest BCUT2D eigenvalue weighted by Gasteiger charge is -2.43. The third kappa shape index (κ3) is 6.42. The number of carbonyl (C=O) groups is 2. The van der Waals surface area contributed by atoms with Gasteiger partial charge in [-0.1, -0.05) is 25.7 Å². The first-order valence-electron chi connectivity index (χ1n) is 11.4. The average Bonchev–Trinajstić information content (AvgIpc) is 3.29. The van der Waals surface area contributed by atoms with Crippen LogP contribution in [0.1, 0.15) is 46.0 Å². The highest BCUT2D eigenvalue weighted by Crippen LogP contribution is 2.31. The summed E-state index contributed by atoms with van der Waals surface area (Å²) in [7, 11) is 2.02. The van der Waals surface area contributed by atoms with Gasteiger partial charge in [-0.25, -0.2) is 5.06 Å². The highest BCUT2D eigenvalue weighted by molar-refractivity contribution is 6.28. The van der Waals surface area contributed by atoms with Crippen LogP contribution >= 0.6 is 11.6 Å². The summed E-state index contributed by atoms with van der Waals surface area (Å²) in [5.74, 6) is -1.67. The molecular weight excluding hydrogens is 453 g/mol. The molecule has 1 saturated carbocycles. The molecule has 3 rings (SSSR count). The van der Waals surface area contributed by atoms with Gasteiger partial charge in [-0.05, 0) is 44.8 Å². The van der Waals surface area contributed by atoms with Crippen molar-refractivity contribution in [3.05, 3.63) is 11.1 Å². The van der Waals surface area contributed by atoms with Crippen LogP contribution in [0, 0.1) is 17.7 Å². The van der Waals surface area contributed by atoms with E-state index in [1.165, 1.54) is 0 Å². The Balaban J connectivity index is 1.72. The summed E-state index contributed by atoms with van der Waals surface area (Å²) < 4.78 is 15.3. The Morgan fingerprint density at radius 3 is 2.67 bits per heavy atom. The Bertz CT molecular complexity index is 842. The number of rotatable bonds is 9. The number of piperazine rings is 1. The molecule has 0 aromatic carbocycles. The Morgan fingerprint density at radius 2 is 2.00 bits per heavy atom. The highest BCUT2D eigenvalue weighted by Gasteiger charge is 2.31. The molecule has 1 saturated heterocycles. The fourth-order valence-corrected chi connectivity index (χ4v) is 4.85. The molecule has 2 amide bonds. The second kappa shape index (κ2) is 11.3. The molecule has 1 aromatic heterocycles. The molecule has 0 spiro atoms. The average molecular weight is 486 g/mol. The van der Waals surface area contributed by atoms with Crippen molar-refractivity contribution in [1.82, 2.24) is 25.4 Å². The molecule has 10 nitrogen and oxygen atoms in total. The van der Waals surface area contributed by atoms with Crippen molar-refractivity contribution in [1.29, 1.82) is 0 Å². The monoisotopic (exact) mass is 485 g/mol. The van der Waals surface area contributed by atoms with E-state index in [-0.39, 0.29) is 42.0 Å². The zero-order chi connectivity index (χ0) is 24.1. The summed E-state index contributed by atoms with van der Waals surface area (Å²) in [6.45, 7) is 5.18. The summed E-state index contributed by atoms with van der Waals surface area (Å²) >= 11 is 6.08. The second-order valence-electron chi connectivity index (χ2n) is 9.19. The van der Waals surface area contributed by atoms with Gasteiger partial charge < -0.3 is 4.90 Å². The number of hydrazine groups is 1. The van der Waals surface area contributed by atoms with Gasteiger partial charge in [-0.2, -0.15) is 14.4 Å². The van der Waals surface area contributed by atoms with E-state index in [0.717, 1.165) is 32.2 Å². The Kier molecular flexibility index (Phi) is 8.66. The molecule has 3 N–H and O–H groups in total. The number of carbonyl (C=O) groups excluding carboxylic acids is 2. The maximum atomic E-state index is 15.3. The third-order valence-corrected chi connectivity index (χ3v) is 6.84. The van der Waals surface area contributed by atoms with Crippen LogP contribution in [0.2, 0.25) is 5.28 Å². The van der Waals surface area contributed by atoms with Gasteiger partial charge in [0.25, 0.3) is 0 Å². The molecule has 1 aliphatic carbocycles. The highest BCUT2D eigenvalue weighted by atomic mass is 35.5. The molecule has 184 valence electrons. The predicted octanol–water partition coefficient (Wildman–Crippen LogP) is 2.29. The fraction of sp³-hybridized carbons (Fsp3) is 0.714. The van der Waals surface area contributed by atoms with Gasteiger partial charge in [0.2, 0.25) is 23.4 Å². The van der Waals surface area contributed by atoms with Gasteiger partial charge in [-0.15, -0.1) is 0 Å². The second-order valence-corrected chi connectivity index (χ2v) is 9.53. The van der Waals surface area contributed by atoms with Crippen molar-refractivity contribution in [2.24, 2.45) is 11.8 Å². The maximum absolute atomic E-state index is 15.3. The lowest BCUT2D eigenvalue weighted by Crippen LogP contribution is -2.55. The summed E-state index contributed by atoms with van der Waals surface area (Å²) in [6, 6.07) is 0.199. The van der Waals surface area contributed by atoms with Gasteiger partial charge in [-0.3, -0.25) is 30.5 Å². The number of halogens is 2. The van der Waals surface area contributed by atoms with Crippen LogP contribution in [-0.4, -0.2) is 76.2 Å². The summed E-state index contributed by atoms with van der Waals surface area (Å²) in [4.78, 5) is 35.7. The zero-order valence-electron chi connectivity index (χ0n) is 19.3. The summed E-state index contributed by atoms with van der Waals surface area (Å²) in [5.41, 5.74) is 5.00. The van der Waals surface area contributed by atoms with Crippen molar-refractivity contribution < 1.29 is 19.2 Å². The summed E-state index contributed by atoms with van der Waals surface area (Å²) in [5, 5.41) is 9.93. The smallest absolute Gasteiger partial charge is 0.243 e. The van der Waals surface area contributed by atoms with Gasteiger partial charge in [0, 0.05) is 25.2 Å². The standard InChI is InChI=1S/C21H33ClFN7O3/c1-13-10-30(14(2)9-28(13)3)19-17(23)18(24-21(22)25-19)26-27-20(32)16(11-29(33)12-31)8-15-6-4-5-7-15/h12-16,33H,4-11H2,1-3H3,(H,27,32)(H,24,25,26)/t13-,14-,16-/m0/s1. The molecule has 2 aliphatic rings. The quantitative estimate of drug-likeness (QED) is 0.211. The minimum absolute atomic E-state index is 0.00350. The molecule has 12 heteroatoms. The fourth-order valence-electron chi connectivity index (χ4n) is 4.68. The molecule has 2 fully saturated rings. The molecule has 33 heavy (non-hydrogen) atoms. The topological polar surface area (TPSA) is 114 Å². The van der Waals surface area contributed by atoms with E-state index >= 15 is 4.39 Å². The van der Waals surface area contributed by atoms with Crippen molar-refractivity contribution in [2.75, 3.05) is 37.0 Å². The van der Waals surface area contributed by atoms with Crippen LogP contribution < -0.4 is 15.8 Å². The largest absolute Gasteiger partial charge is 0.348 e. The van der Waals surface area contributed by atoms with Gasteiger partial charge in [0.1, 0.15) is 0 Å². The molecular formula is C21H33ClFN7O3. The number of nitrogens with one attached hydrogen (secondary N) is 2. The molecule has 0 bridgehead atoms.